The molecule has 1 atom stereocenters. The van der Waals surface area contributed by atoms with Gasteiger partial charge in [-0.15, -0.1) is 0 Å². The van der Waals surface area contributed by atoms with Crippen LogP contribution in [0.2, 0.25) is 0 Å². The summed E-state index contributed by atoms with van der Waals surface area (Å²) in [5.41, 5.74) is 3.90. The minimum Gasteiger partial charge on any atom is -0.506 e. The number of aromatic nitrogens is 2. The van der Waals surface area contributed by atoms with Gasteiger partial charge in [0, 0.05) is 12.7 Å². The summed E-state index contributed by atoms with van der Waals surface area (Å²) in [6, 6.07) is 15.7. The Labute approximate surface area is 170 Å². The number of aromatic hydroxyl groups is 1. The topological polar surface area (TPSA) is 79.2 Å². The van der Waals surface area contributed by atoms with Crippen LogP contribution in [0.1, 0.15) is 29.5 Å². The molecule has 0 aliphatic carbocycles. The average molecular weight is 390 g/mol. The van der Waals surface area contributed by atoms with Gasteiger partial charge in [-0.1, -0.05) is 36.4 Å². The molecule has 0 spiro atoms. The third-order valence-electron chi connectivity index (χ3n) is 5.31. The van der Waals surface area contributed by atoms with Crippen molar-refractivity contribution in [3.05, 3.63) is 77.6 Å². The Morgan fingerprint density at radius 2 is 1.97 bits per heavy atom. The van der Waals surface area contributed by atoms with Crippen LogP contribution in [0, 0.1) is 0 Å². The normalized spacial score (nSPS) is 16.1. The van der Waals surface area contributed by atoms with E-state index in [1.165, 1.54) is 5.56 Å². The molecule has 1 unspecified atom stereocenters. The number of phenolic OH excluding ortho intramolecular Hbond substituents is 1. The number of aryl methyl sites for hydroxylation is 2. The summed E-state index contributed by atoms with van der Waals surface area (Å²) in [6.07, 6.45) is 7.54. The first kappa shape index (κ1) is 19.2. The third kappa shape index (κ3) is 4.84. The zero-order valence-electron chi connectivity index (χ0n) is 16.3. The Kier molecular flexibility index (Phi) is 5.91. The van der Waals surface area contributed by atoms with Crippen molar-refractivity contribution >= 4 is 5.91 Å². The van der Waals surface area contributed by atoms with Gasteiger partial charge in [-0.3, -0.25) is 4.79 Å². The number of nitrogens with zero attached hydrogens (tertiary/aromatic N) is 2. The fourth-order valence-corrected chi connectivity index (χ4v) is 3.65. The SMILES string of the molecule is O=C(NCc1ccc(-n2cc(CCc3ccccc3)cn2)c(O)c1)C1CCCN1. The fourth-order valence-electron chi connectivity index (χ4n) is 3.65. The van der Waals surface area contributed by atoms with E-state index in [9.17, 15) is 9.90 Å². The van der Waals surface area contributed by atoms with Gasteiger partial charge in [-0.2, -0.15) is 5.10 Å². The molecular formula is C23H26N4O2. The van der Waals surface area contributed by atoms with Crippen molar-refractivity contribution in [1.82, 2.24) is 20.4 Å². The molecule has 3 N–H and O–H groups in total. The Morgan fingerprint density at radius 3 is 2.72 bits per heavy atom. The summed E-state index contributed by atoms with van der Waals surface area (Å²) < 4.78 is 1.69. The van der Waals surface area contributed by atoms with E-state index in [1.54, 1.807) is 10.7 Å². The van der Waals surface area contributed by atoms with Gasteiger partial charge < -0.3 is 15.7 Å². The number of benzene rings is 2. The highest BCUT2D eigenvalue weighted by Gasteiger charge is 2.21. The zero-order valence-corrected chi connectivity index (χ0v) is 16.3. The van der Waals surface area contributed by atoms with Crippen molar-refractivity contribution in [2.45, 2.75) is 38.3 Å². The van der Waals surface area contributed by atoms with E-state index < -0.39 is 0 Å². The van der Waals surface area contributed by atoms with E-state index in [4.69, 9.17) is 0 Å². The Balaban J connectivity index is 1.36. The summed E-state index contributed by atoms with van der Waals surface area (Å²) in [5.74, 6) is 0.162. The van der Waals surface area contributed by atoms with E-state index in [2.05, 4.69) is 27.9 Å². The second kappa shape index (κ2) is 8.92. The van der Waals surface area contributed by atoms with Crippen LogP contribution >= 0.6 is 0 Å². The molecule has 2 heterocycles. The molecule has 0 radical (unpaired) electrons. The highest BCUT2D eigenvalue weighted by atomic mass is 16.3. The van der Waals surface area contributed by atoms with Crippen LogP contribution in [0.15, 0.2) is 60.9 Å². The molecule has 3 aromatic rings. The van der Waals surface area contributed by atoms with E-state index in [1.807, 2.05) is 42.7 Å². The molecule has 1 aliphatic rings. The second-order valence-electron chi connectivity index (χ2n) is 7.47. The predicted octanol–water partition coefficient (Wildman–Crippen LogP) is 2.73. The van der Waals surface area contributed by atoms with Gasteiger partial charge in [0.25, 0.3) is 0 Å². The number of hydrogen-bond donors (Lipinski definition) is 3. The van der Waals surface area contributed by atoms with E-state index in [0.717, 1.165) is 43.4 Å². The van der Waals surface area contributed by atoms with Gasteiger partial charge in [0.05, 0.1) is 12.2 Å². The standard InChI is InChI=1S/C23H26N4O2/c28-22-13-18(14-25-23(29)20-7-4-12-24-20)10-11-21(22)27-16-19(15-26-27)9-8-17-5-2-1-3-6-17/h1-3,5-6,10-11,13,15-16,20,24,28H,4,7-9,12,14H2,(H,25,29). The molecule has 0 saturated carbocycles. The molecular weight excluding hydrogens is 364 g/mol. The summed E-state index contributed by atoms with van der Waals surface area (Å²) >= 11 is 0. The van der Waals surface area contributed by atoms with Crippen molar-refractivity contribution in [1.29, 1.82) is 0 Å². The molecule has 150 valence electrons. The lowest BCUT2D eigenvalue weighted by Crippen LogP contribution is -2.39. The second-order valence-corrected chi connectivity index (χ2v) is 7.47. The molecule has 1 aromatic heterocycles. The number of hydrogen-bond acceptors (Lipinski definition) is 4. The van der Waals surface area contributed by atoms with Crippen molar-refractivity contribution in [2.24, 2.45) is 0 Å². The summed E-state index contributed by atoms with van der Waals surface area (Å²) in [7, 11) is 0. The third-order valence-corrected chi connectivity index (χ3v) is 5.31. The minimum absolute atomic E-state index is 0.0150. The highest BCUT2D eigenvalue weighted by Crippen LogP contribution is 2.23. The number of carbonyl (C=O) groups is 1. The maximum atomic E-state index is 12.1. The molecule has 1 aliphatic heterocycles. The molecule has 1 fully saturated rings. The van der Waals surface area contributed by atoms with Crippen molar-refractivity contribution in [2.75, 3.05) is 6.54 Å². The van der Waals surface area contributed by atoms with Crippen LogP contribution in [0.3, 0.4) is 0 Å². The lowest BCUT2D eigenvalue weighted by molar-refractivity contribution is -0.122. The van der Waals surface area contributed by atoms with Gasteiger partial charge in [0.1, 0.15) is 11.4 Å². The number of phenols is 1. The Morgan fingerprint density at radius 1 is 1.14 bits per heavy atom. The van der Waals surface area contributed by atoms with Crippen LogP contribution in [-0.4, -0.2) is 33.4 Å². The lowest BCUT2D eigenvalue weighted by atomic mass is 10.1. The molecule has 4 rings (SSSR count). The summed E-state index contributed by atoms with van der Waals surface area (Å²) in [5, 5.41) is 21.0. The van der Waals surface area contributed by atoms with E-state index >= 15 is 0 Å². The highest BCUT2D eigenvalue weighted by molar-refractivity contribution is 5.82. The number of carbonyl (C=O) groups excluding carboxylic acids is 1. The first-order valence-electron chi connectivity index (χ1n) is 10.1. The molecule has 1 saturated heterocycles. The first-order chi connectivity index (χ1) is 14.2. The van der Waals surface area contributed by atoms with Crippen LogP contribution < -0.4 is 10.6 Å². The Hall–Kier alpha value is -3.12. The molecule has 6 nitrogen and oxygen atoms in total. The average Bonchev–Trinajstić information content (AvgIpc) is 3.44. The van der Waals surface area contributed by atoms with Crippen LogP contribution in [-0.2, 0) is 24.2 Å². The fraction of sp³-hybridized carbons (Fsp3) is 0.304. The lowest BCUT2D eigenvalue weighted by Gasteiger charge is -2.12. The molecule has 0 bridgehead atoms. The minimum atomic E-state index is -0.0961. The summed E-state index contributed by atoms with van der Waals surface area (Å²) in [6.45, 7) is 1.29. The van der Waals surface area contributed by atoms with Gasteiger partial charge >= 0.3 is 0 Å². The van der Waals surface area contributed by atoms with Gasteiger partial charge in [-0.05, 0) is 61.1 Å². The zero-order chi connectivity index (χ0) is 20.1. The largest absolute Gasteiger partial charge is 0.506 e. The van der Waals surface area contributed by atoms with Crippen molar-refractivity contribution in [3.63, 3.8) is 0 Å². The smallest absolute Gasteiger partial charge is 0.237 e. The van der Waals surface area contributed by atoms with Crippen LogP contribution in [0.5, 0.6) is 5.75 Å². The quantitative estimate of drug-likeness (QED) is 0.580. The number of rotatable bonds is 7. The number of amides is 1. The first-order valence-corrected chi connectivity index (χ1v) is 10.1. The molecule has 1 amide bonds. The predicted molar refractivity (Wildman–Crippen MR) is 112 cm³/mol. The maximum absolute atomic E-state index is 12.1. The monoisotopic (exact) mass is 390 g/mol. The molecule has 2 aromatic carbocycles. The van der Waals surface area contributed by atoms with Crippen molar-refractivity contribution in [3.8, 4) is 11.4 Å². The van der Waals surface area contributed by atoms with Crippen LogP contribution in [0.4, 0.5) is 0 Å². The Bertz CT molecular complexity index is 962. The molecule has 29 heavy (non-hydrogen) atoms. The maximum Gasteiger partial charge on any atom is 0.237 e. The van der Waals surface area contributed by atoms with Gasteiger partial charge in [-0.25, -0.2) is 4.68 Å². The van der Waals surface area contributed by atoms with E-state index in [0.29, 0.717) is 12.2 Å². The van der Waals surface area contributed by atoms with Crippen LogP contribution in [0.25, 0.3) is 5.69 Å². The molecule has 6 heteroatoms. The summed E-state index contributed by atoms with van der Waals surface area (Å²) in [4.78, 5) is 12.1. The van der Waals surface area contributed by atoms with Gasteiger partial charge in [0.2, 0.25) is 5.91 Å². The number of nitrogens with one attached hydrogen (secondary N) is 2. The van der Waals surface area contributed by atoms with Gasteiger partial charge in [0.15, 0.2) is 0 Å². The van der Waals surface area contributed by atoms with E-state index in [-0.39, 0.29) is 17.7 Å². The van der Waals surface area contributed by atoms with Crippen molar-refractivity contribution < 1.29 is 9.90 Å².